The van der Waals surface area contributed by atoms with Crippen LogP contribution in [-0.2, 0) is 0 Å². The van der Waals surface area contributed by atoms with E-state index in [1.54, 1.807) is 27.8 Å². The number of nitrogens with two attached hydrogens (primary N) is 1. The SMILES string of the molecule is Nc1cnc2nc(-c3cc(NC(=O)N4CCC4)ccc3F)cn2c1. The van der Waals surface area contributed by atoms with E-state index in [-0.39, 0.29) is 6.03 Å². The molecule has 122 valence electrons. The zero-order chi connectivity index (χ0) is 16.7. The fraction of sp³-hybridized carbons (Fsp3) is 0.188. The van der Waals surface area contributed by atoms with E-state index in [2.05, 4.69) is 15.3 Å². The molecule has 2 aromatic heterocycles. The summed E-state index contributed by atoms with van der Waals surface area (Å²) in [5.41, 5.74) is 7.41. The molecule has 4 rings (SSSR count). The summed E-state index contributed by atoms with van der Waals surface area (Å²) in [6, 6.07) is 4.23. The summed E-state index contributed by atoms with van der Waals surface area (Å²) in [5.74, 6) is 0.00180. The Kier molecular flexibility index (Phi) is 3.30. The summed E-state index contributed by atoms with van der Waals surface area (Å²) < 4.78 is 15.9. The second-order valence-electron chi connectivity index (χ2n) is 5.69. The van der Waals surface area contributed by atoms with Gasteiger partial charge >= 0.3 is 6.03 Å². The number of urea groups is 1. The summed E-state index contributed by atoms with van der Waals surface area (Å²) in [4.78, 5) is 22.1. The predicted molar refractivity (Wildman–Crippen MR) is 88.0 cm³/mol. The van der Waals surface area contributed by atoms with Crippen molar-refractivity contribution in [3.8, 4) is 11.3 Å². The quantitative estimate of drug-likeness (QED) is 0.756. The fourth-order valence-corrected chi connectivity index (χ4v) is 2.55. The van der Waals surface area contributed by atoms with Gasteiger partial charge < -0.3 is 16.0 Å². The number of fused-ring (bicyclic) bond motifs is 1. The molecule has 3 heterocycles. The third-order valence-electron chi connectivity index (χ3n) is 3.97. The van der Waals surface area contributed by atoms with E-state index in [4.69, 9.17) is 5.73 Å². The maximum atomic E-state index is 14.2. The van der Waals surface area contributed by atoms with Gasteiger partial charge in [0.25, 0.3) is 0 Å². The Morgan fingerprint density at radius 2 is 2.12 bits per heavy atom. The van der Waals surface area contributed by atoms with Crippen molar-refractivity contribution in [2.45, 2.75) is 6.42 Å². The first-order chi connectivity index (χ1) is 11.6. The number of amides is 2. The Balaban J connectivity index is 1.67. The van der Waals surface area contributed by atoms with Gasteiger partial charge in [-0.1, -0.05) is 0 Å². The lowest BCUT2D eigenvalue weighted by Gasteiger charge is -2.30. The van der Waals surface area contributed by atoms with Crippen molar-refractivity contribution < 1.29 is 9.18 Å². The Morgan fingerprint density at radius 1 is 1.29 bits per heavy atom. The highest BCUT2D eigenvalue weighted by atomic mass is 19.1. The molecule has 1 fully saturated rings. The van der Waals surface area contributed by atoms with Crippen LogP contribution in [0.15, 0.2) is 36.8 Å². The molecule has 0 unspecified atom stereocenters. The van der Waals surface area contributed by atoms with E-state index in [1.165, 1.54) is 18.3 Å². The molecule has 1 aliphatic heterocycles. The first-order valence-electron chi connectivity index (χ1n) is 7.56. The smallest absolute Gasteiger partial charge is 0.321 e. The lowest BCUT2D eigenvalue weighted by atomic mass is 10.1. The molecule has 2 amide bonds. The van der Waals surface area contributed by atoms with Gasteiger partial charge in [-0.3, -0.25) is 4.40 Å². The van der Waals surface area contributed by atoms with Crippen molar-refractivity contribution in [2.75, 3.05) is 24.1 Å². The molecular formula is C16H15FN6O. The number of benzene rings is 1. The zero-order valence-corrected chi connectivity index (χ0v) is 12.7. The molecule has 0 radical (unpaired) electrons. The number of imidazole rings is 1. The molecule has 24 heavy (non-hydrogen) atoms. The van der Waals surface area contributed by atoms with Crippen molar-refractivity contribution in [3.05, 3.63) is 42.6 Å². The van der Waals surface area contributed by atoms with Gasteiger partial charge in [-0.15, -0.1) is 0 Å². The van der Waals surface area contributed by atoms with E-state index < -0.39 is 5.82 Å². The number of rotatable bonds is 2. The first-order valence-corrected chi connectivity index (χ1v) is 7.56. The second kappa shape index (κ2) is 5.48. The monoisotopic (exact) mass is 326 g/mol. The Labute approximate surface area is 136 Å². The minimum Gasteiger partial charge on any atom is -0.396 e. The molecule has 0 aliphatic carbocycles. The van der Waals surface area contributed by atoms with Crippen LogP contribution in [0.2, 0.25) is 0 Å². The van der Waals surface area contributed by atoms with E-state index in [9.17, 15) is 9.18 Å². The van der Waals surface area contributed by atoms with Crippen molar-refractivity contribution in [1.29, 1.82) is 0 Å². The molecule has 1 saturated heterocycles. The van der Waals surface area contributed by atoms with E-state index in [0.717, 1.165) is 19.5 Å². The van der Waals surface area contributed by atoms with Gasteiger partial charge in [0, 0.05) is 36.7 Å². The largest absolute Gasteiger partial charge is 0.396 e. The van der Waals surface area contributed by atoms with E-state index in [0.29, 0.717) is 28.4 Å². The van der Waals surface area contributed by atoms with E-state index in [1.807, 2.05) is 0 Å². The minimum absolute atomic E-state index is 0.178. The number of aromatic nitrogens is 3. The highest BCUT2D eigenvalue weighted by molar-refractivity contribution is 5.90. The van der Waals surface area contributed by atoms with Gasteiger partial charge in [-0.2, -0.15) is 0 Å². The van der Waals surface area contributed by atoms with Gasteiger partial charge in [0.05, 0.1) is 17.6 Å². The summed E-state index contributed by atoms with van der Waals surface area (Å²) in [6.45, 7) is 1.50. The van der Waals surface area contributed by atoms with Crippen LogP contribution >= 0.6 is 0 Å². The predicted octanol–water partition coefficient (Wildman–Crippen LogP) is 2.36. The van der Waals surface area contributed by atoms with Crippen LogP contribution in [0.4, 0.5) is 20.6 Å². The molecule has 3 N–H and O–H groups in total. The molecule has 1 aliphatic rings. The topological polar surface area (TPSA) is 88.5 Å². The van der Waals surface area contributed by atoms with Gasteiger partial charge in [-0.05, 0) is 24.6 Å². The molecule has 1 aromatic carbocycles. The lowest BCUT2D eigenvalue weighted by Crippen LogP contribution is -2.44. The number of nitrogens with one attached hydrogen (secondary N) is 1. The van der Waals surface area contributed by atoms with Crippen molar-refractivity contribution in [2.24, 2.45) is 0 Å². The number of carbonyl (C=O) groups excluding carboxylic acids is 1. The first kappa shape index (κ1) is 14.4. The highest BCUT2D eigenvalue weighted by Crippen LogP contribution is 2.26. The van der Waals surface area contributed by atoms with Gasteiger partial charge in [-0.25, -0.2) is 19.2 Å². The summed E-state index contributed by atoms with van der Waals surface area (Å²) >= 11 is 0. The number of hydrogen-bond acceptors (Lipinski definition) is 4. The standard InChI is InChI=1S/C16H15FN6O/c17-13-3-2-11(20-16(24)22-4-1-5-22)6-12(13)14-9-23-8-10(18)7-19-15(23)21-14/h2-3,6-9H,1,4-5,18H2,(H,20,24). The third kappa shape index (κ3) is 2.51. The van der Waals surface area contributed by atoms with Crippen LogP contribution in [0.3, 0.4) is 0 Å². The number of anilines is 2. The molecule has 8 heteroatoms. The summed E-state index contributed by atoms with van der Waals surface area (Å²) in [6.07, 6.45) is 5.82. The number of nitrogen functional groups attached to an aromatic ring is 1. The fourth-order valence-electron chi connectivity index (χ4n) is 2.55. The van der Waals surface area contributed by atoms with Crippen LogP contribution < -0.4 is 11.1 Å². The maximum absolute atomic E-state index is 14.2. The molecular weight excluding hydrogens is 311 g/mol. The zero-order valence-electron chi connectivity index (χ0n) is 12.7. The lowest BCUT2D eigenvalue weighted by molar-refractivity contribution is 0.181. The van der Waals surface area contributed by atoms with Gasteiger partial charge in [0.1, 0.15) is 5.82 Å². The van der Waals surface area contributed by atoms with Crippen LogP contribution in [0.25, 0.3) is 17.0 Å². The molecule has 0 spiro atoms. The van der Waals surface area contributed by atoms with Gasteiger partial charge in [0.15, 0.2) is 0 Å². The molecule has 0 atom stereocenters. The molecule has 0 saturated carbocycles. The second-order valence-corrected chi connectivity index (χ2v) is 5.69. The number of hydrogen-bond donors (Lipinski definition) is 2. The van der Waals surface area contributed by atoms with Crippen LogP contribution in [0.5, 0.6) is 0 Å². The van der Waals surface area contributed by atoms with Crippen molar-refractivity contribution >= 4 is 23.2 Å². The number of likely N-dealkylation sites (tertiary alicyclic amines) is 1. The van der Waals surface area contributed by atoms with Gasteiger partial charge in [0.2, 0.25) is 5.78 Å². The molecule has 0 bridgehead atoms. The Morgan fingerprint density at radius 3 is 2.88 bits per heavy atom. The average molecular weight is 326 g/mol. The average Bonchev–Trinajstić information content (AvgIpc) is 2.90. The maximum Gasteiger partial charge on any atom is 0.321 e. The van der Waals surface area contributed by atoms with Crippen LogP contribution in [0, 0.1) is 5.82 Å². The summed E-state index contributed by atoms with van der Waals surface area (Å²) in [5, 5.41) is 2.77. The van der Waals surface area contributed by atoms with E-state index >= 15 is 0 Å². The summed E-state index contributed by atoms with van der Waals surface area (Å²) in [7, 11) is 0. The number of nitrogens with zero attached hydrogens (tertiary/aromatic N) is 4. The normalized spacial score (nSPS) is 13.8. The highest BCUT2D eigenvalue weighted by Gasteiger charge is 2.20. The van der Waals surface area contributed by atoms with Crippen molar-refractivity contribution in [3.63, 3.8) is 0 Å². The minimum atomic E-state index is -0.423. The molecule has 7 nitrogen and oxygen atoms in total. The number of carbonyl (C=O) groups is 1. The third-order valence-corrected chi connectivity index (χ3v) is 3.97. The Bertz CT molecular complexity index is 933. The van der Waals surface area contributed by atoms with Crippen LogP contribution in [0.1, 0.15) is 6.42 Å². The number of halogens is 1. The van der Waals surface area contributed by atoms with Crippen LogP contribution in [-0.4, -0.2) is 38.4 Å². The Hall–Kier alpha value is -3.16. The molecule has 3 aromatic rings. The van der Waals surface area contributed by atoms with Crippen molar-refractivity contribution in [1.82, 2.24) is 19.3 Å².